The largest absolute Gasteiger partial charge is 0.390 e. The van der Waals surface area contributed by atoms with Crippen molar-refractivity contribution in [2.45, 2.75) is 81.2 Å². The molecule has 1 aliphatic carbocycles. The van der Waals surface area contributed by atoms with Crippen molar-refractivity contribution in [3.63, 3.8) is 0 Å². The van der Waals surface area contributed by atoms with Gasteiger partial charge in [0.15, 0.2) is 0 Å². The van der Waals surface area contributed by atoms with Crippen LogP contribution in [0.15, 0.2) is 0 Å². The zero-order valence-corrected chi connectivity index (χ0v) is 11.2. The third-order valence-electron chi connectivity index (χ3n) is 4.78. The molecule has 19 heavy (non-hydrogen) atoms. The molecule has 5 heteroatoms. The van der Waals surface area contributed by atoms with Crippen LogP contribution < -0.4 is 0 Å². The lowest BCUT2D eigenvalue weighted by Crippen LogP contribution is -2.54. The highest BCUT2D eigenvalue weighted by atomic mass is 16.6. The van der Waals surface area contributed by atoms with E-state index in [2.05, 4.69) is 4.85 Å². The van der Waals surface area contributed by atoms with Crippen molar-refractivity contribution in [3.05, 3.63) is 11.4 Å². The number of rotatable bonds is 2. The molecule has 3 rings (SSSR count). The lowest BCUT2D eigenvalue weighted by molar-refractivity contribution is -0.178. The normalized spacial score (nSPS) is 50.3. The molecule has 0 aromatic carbocycles. The summed E-state index contributed by atoms with van der Waals surface area (Å²) in [6, 6.07) is -0.0322. The molecule has 2 N–H and O–H groups in total. The van der Waals surface area contributed by atoms with Gasteiger partial charge in [-0.15, -0.1) is 0 Å². The predicted molar refractivity (Wildman–Crippen MR) is 67.4 cm³/mol. The maximum absolute atomic E-state index is 9.95. The second kappa shape index (κ2) is 4.71. The first kappa shape index (κ1) is 13.3. The second-order valence-corrected chi connectivity index (χ2v) is 6.23. The van der Waals surface area contributed by atoms with Gasteiger partial charge >= 0.3 is 0 Å². The van der Waals surface area contributed by atoms with Crippen LogP contribution in [0.4, 0.5) is 0 Å². The van der Waals surface area contributed by atoms with Crippen LogP contribution >= 0.6 is 0 Å². The molecular formula is C14H21NO4. The molecule has 3 fully saturated rings. The van der Waals surface area contributed by atoms with E-state index < -0.39 is 17.8 Å². The molecule has 2 saturated heterocycles. The lowest BCUT2D eigenvalue weighted by atomic mass is 9.76. The molecule has 106 valence electrons. The molecule has 3 aliphatic rings. The molecule has 7 atom stereocenters. The van der Waals surface area contributed by atoms with E-state index in [1.165, 1.54) is 0 Å². The van der Waals surface area contributed by atoms with E-state index in [1.54, 1.807) is 0 Å². The van der Waals surface area contributed by atoms with Crippen molar-refractivity contribution in [2.75, 3.05) is 0 Å². The Bertz CT molecular complexity index is 395. The van der Waals surface area contributed by atoms with Gasteiger partial charge in [-0.25, -0.2) is 6.57 Å². The Kier molecular flexibility index (Phi) is 3.30. The van der Waals surface area contributed by atoms with Crippen LogP contribution in [-0.4, -0.2) is 52.4 Å². The zero-order valence-electron chi connectivity index (χ0n) is 11.2. The summed E-state index contributed by atoms with van der Waals surface area (Å²) in [7, 11) is 0. The minimum Gasteiger partial charge on any atom is -0.390 e. The molecule has 0 aromatic rings. The summed E-state index contributed by atoms with van der Waals surface area (Å²) in [6.07, 6.45) is 1.84. The Labute approximate surface area is 113 Å². The van der Waals surface area contributed by atoms with Crippen molar-refractivity contribution >= 4 is 0 Å². The Morgan fingerprint density at radius 3 is 2.89 bits per heavy atom. The molecule has 1 spiro atoms. The molecular weight excluding hydrogens is 246 g/mol. The first-order chi connectivity index (χ1) is 9.04. The van der Waals surface area contributed by atoms with Crippen LogP contribution in [0.5, 0.6) is 0 Å². The zero-order chi connectivity index (χ0) is 13.6. The topological polar surface area (TPSA) is 63.3 Å². The van der Waals surface area contributed by atoms with Gasteiger partial charge in [-0.3, -0.25) is 0 Å². The highest BCUT2D eigenvalue weighted by molar-refractivity contribution is 5.09. The molecule has 2 bridgehead atoms. The highest BCUT2D eigenvalue weighted by Gasteiger charge is 2.59. The fourth-order valence-electron chi connectivity index (χ4n) is 3.82. The molecule has 0 aromatic heterocycles. The number of aliphatic hydroxyl groups excluding tert-OH is 2. The van der Waals surface area contributed by atoms with Crippen molar-refractivity contribution in [2.24, 2.45) is 0 Å². The van der Waals surface area contributed by atoms with E-state index in [9.17, 15) is 10.2 Å². The number of fused-ring (bicyclic) bond motifs is 1. The van der Waals surface area contributed by atoms with Gasteiger partial charge in [-0.05, 0) is 12.8 Å². The van der Waals surface area contributed by atoms with E-state index in [-0.39, 0.29) is 24.4 Å². The number of hydrogen-bond acceptors (Lipinski definition) is 4. The number of nitrogens with zero attached hydrogens (tertiary/aromatic N) is 1. The molecule has 1 saturated carbocycles. The summed E-state index contributed by atoms with van der Waals surface area (Å²) in [6.45, 7) is 8.95. The Balaban J connectivity index is 1.73. The van der Waals surface area contributed by atoms with Crippen molar-refractivity contribution < 1.29 is 19.7 Å². The van der Waals surface area contributed by atoms with Crippen molar-refractivity contribution in [1.82, 2.24) is 0 Å². The van der Waals surface area contributed by atoms with Crippen LogP contribution in [0.1, 0.15) is 39.0 Å². The maximum atomic E-state index is 9.95. The third kappa shape index (κ3) is 2.17. The van der Waals surface area contributed by atoms with Gasteiger partial charge in [-0.2, -0.15) is 0 Å². The third-order valence-corrected chi connectivity index (χ3v) is 4.78. The second-order valence-electron chi connectivity index (χ2n) is 6.23. The first-order valence-corrected chi connectivity index (χ1v) is 7.10. The van der Waals surface area contributed by atoms with Gasteiger partial charge < -0.3 is 24.5 Å². The van der Waals surface area contributed by atoms with Gasteiger partial charge in [-0.1, -0.05) is 0 Å². The van der Waals surface area contributed by atoms with Gasteiger partial charge in [0.2, 0.25) is 6.04 Å². The number of ether oxygens (including phenoxy) is 2. The number of aliphatic hydroxyl groups is 2. The van der Waals surface area contributed by atoms with Gasteiger partial charge in [0.25, 0.3) is 0 Å². The van der Waals surface area contributed by atoms with Crippen LogP contribution in [0.3, 0.4) is 0 Å². The first-order valence-electron chi connectivity index (χ1n) is 7.10. The fraction of sp³-hybridized carbons (Fsp3) is 0.929. The summed E-state index contributed by atoms with van der Waals surface area (Å²) in [4.78, 5) is 3.52. The molecule has 5 nitrogen and oxygen atoms in total. The van der Waals surface area contributed by atoms with Crippen molar-refractivity contribution in [1.29, 1.82) is 0 Å². The molecule has 0 radical (unpaired) electrons. The molecule has 0 amide bonds. The summed E-state index contributed by atoms with van der Waals surface area (Å²) in [5, 5.41) is 19.8. The predicted octanol–water partition coefficient (Wildman–Crippen LogP) is 0.885. The summed E-state index contributed by atoms with van der Waals surface area (Å²) >= 11 is 0. The van der Waals surface area contributed by atoms with E-state index in [4.69, 9.17) is 16.0 Å². The van der Waals surface area contributed by atoms with E-state index in [0.717, 1.165) is 19.3 Å². The van der Waals surface area contributed by atoms with Crippen LogP contribution in [0, 0.1) is 6.57 Å². The summed E-state index contributed by atoms with van der Waals surface area (Å²) < 4.78 is 12.1. The lowest BCUT2D eigenvalue weighted by Gasteiger charge is -2.44. The average molecular weight is 267 g/mol. The van der Waals surface area contributed by atoms with Gasteiger partial charge in [0.1, 0.15) is 6.10 Å². The van der Waals surface area contributed by atoms with E-state index in [0.29, 0.717) is 12.8 Å². The molecule has 1 unspecified atom stereocenters. The van der Waals surface area contributed by atoms with Crippen LogP contribution in [0.25, 0.3) is 4.85 Å². The van der Waals surface area contributed by atoms with Crippen LogP contribution in [-0.2, 0) is 9.47 Å². The summed E-state index contributed by atoms with van der Waals surface area (Å²) in [5.41, 5.74) is -0.437. The quantitative estimate of drug-likeness (QED) is 0.729. The minimum absolute atomic E-state index is 0.0104. The Morgan fingerprint density at radius 2 is 2.16 bits per heavy atom. The SMILES string of the molecule is [C-]#[N+][C@H](C)CC1CC[C@@H]2O[C@@H]3C[C@]2(C[C@@H](O)[C@H]3O)O1. The maximum Gasteiger partial charge on any atom is 0.223 e. The van der Waals surface area contributed by atoms with E-state index >= 15 is 0 Å². The fourth-order valence-corrected chi connectivity index (χ4v) is 3.82. The van der Waals surface area contributed by atoms with Crippen molar-refractivity contribution in [3.8, 4) is 0 Å². The molecule has 2 aliphatic heterocycles. The van der Waals surface area contributed by atoms with Gasteiger partial charge in [0.05, 0.1) is 30.0 Å². The smallest absolute Gasteiger partial charge is 0.223 e. The Hall–Kier alpha value is -0.670. The Morgan fingerprint density at radius 1 is 1.37 bits per heavy atom. The summed E-state index contributed by atoms with van der Waals surface area (Å²) in [5.74, 6) is 0. The average Bonchev–Trinajstić information content (AvgIpc) is 2.70. The van der Waals surface area contributed by atoms with Gasteiger partial charge in [0, 0.05) is 26.2 Å². The standard InChI is InChI=1S/C14H21NO4/c1-8(15-2)5-9-3-4-12-14(19-9)6-10(16)13(17)11(7-14)18-12/h8-13,16-17H,3-7H2,1H3/t8-,9?,10-,11-,12+,13-,14+/m1/s1. The van der Waals surface area contributed by atoms with Crippen LogP contribution in [0.2, 0.25) is 0 Å². The highest BCUT2D eigenvalue weighted by Crippen LogP contribution is 2.49. The van der Waals surface area contributed by atoms with E-state index in [1.807, 2.05) is 6.92 Å². The minimum atomic E-state index is -0.791. The monoisotopic (exact) mass is 267 g/mol. The molecule has 2 heterocycles. The number of hydrogen-bond donors (Lipinski definition) is 2.